The van der Waals surface area contributed by atoms with Gasteiger partial charge in [-0.3, -0.25) is 0 Å². The number of aromatic nitrogens is 2. The number of sulfonamides is 1. The lowest BCUT2D eigenvalue weighted by molar-refractivity contribution is 0.426. The maximum atomic E-state index is 14.5. The Morgan fingerprint density at radius 1 is 1.28 bits per heavy atom. The standard InChI is InChI=1S/C17H21FN4O2S/c1-11-7-20-22(8-11)17-5-3-13(6-15(17)18)25(23,24)21-9-12-2-4-16(19)14(12)10-21/h3,5-8,12,14,16H,2,4,9-10,19H2,1H3. The minimum atomic E-state index is -3.71. The van der Waals surface area contributed by atoms with Crippen molar-refractivity contribution in [2.45, 2.75) is 30.7 Å². The molecule has 1 saturated heterocycles. The van der Waals surface area contributed by atoms with Gasteiger partial charge in [-0.05, 0) is 55.4 Å². The highest BCUT2D eigenvalue weighted by atomic mass is 32.2. The first-order chi connectivity index (χ1) is 11.9. The van der Waals surface area contributed by atoms with Gasteiger partial charge in [-0.2, -0.15) is 9.40 Å². The first-order valence-electron chi connectivity index (χ1n) is 8.43. The van der Waals surface area contributed by atoms with E-state index in [4.69, 9.17) is 5.73 Å². The summed E-state index contributed by atoms with van der Waals surface area (Å²) < 4.78 is 43.1. The Morgan fingerprint density at radius 3 is 2.72 bits per heavy atom. The van der Waals surface area contributed by atoms with Crippen molar-refractivity contribution in [3.05, 3.63) is 42.0 Å². The number of rotatable bonds is 3. The second-order valence-corrected chi connectivity index (χ2v) is 9.00. The van der Waals surface area contributed by atoms with Crippen LogP contribution in [0.25, 0.3) is 5.69 Å². The van der Waals surface area contributed by atoms with E-state index in [-0.39, 0.29) is 22.5 Å². The Labute approximate surface area is 146 Å². The number of halogens is 1. The second-order valence-electron chi connectivity index (χ2n) is 7.06. The molecule has 1 aromatic carbocycles. The topological polar surface area (TPSA) is 81.2 Å². The molecule has 1 aliphatic heterocycles. The van der Waals surface area contributed by atoms with E-state index in [1.807, 2.05) is 6.92 Å². The average molecular weight is 364 g/mol. The summed E-state index contributed by atoms with van der Waals surface area (Å²) >= 11 is 0. The van der Waals surface area contributed by atoms with Crippen LogP contribution >= 0.6 is 0 Å². The van der Waals surface area contributed by atoms with Gasteiger partial charge >= 0.3 is 0 Å². The summed E-state index contributed by atoms with van der Waals surface area (Å²) in [6, 6.07) is 4.04. The minimum Gasteiger partial charge on any atom is -0.327 e. The van der Waals surface area contributed by atoms with Crippen molar-refractivity contribution >= 4 is 10.0 Å². The third-order valence-electron chi connectivity index (χ3n) is 5.39. The zero-order valence-electron chi connectivity index (χ0n) is 14.0. The van der Waals surface area contributed by atoms with Gasteiger partial charge in [0.1, 0.15) is 11.5 Å². The van der Waals surface area contributed by atoms with Gasteiger partial charge in [0.15, 0.2) is 0 Å². The lowest BCUT2D eigenvalue weighted by Gasteiger charge is -2.19. The molecule has 6 nitrogen and oxygen atoms in total. The van der Waals surface area contributed by atoms with Crippen molar-refractivity contribution in [3.8, 4) is 5.69 Å². The summed E-state index contributed by atoms with van der Waals surface area (Å²) in [6.45, 7) is 2.76. The van der Waals surface area contributed by atoms with Crippen LogP contribution in [0.5, 0.6) is 0 Å². The molecule has 1 saturated carbocycles. The van der Waals surface area contributed by atoms with E-state index in [1.54, 1.807) is 12.4 Å². The molecule has 4 rings (SSSR count). The molecule has 0 bridgehead atoms. The monoisotopic (exact) mass is 364 g/mol. The van der Waals surface area contributed by atoms with Crippen LogP contribution in [-0.2, 0) is 10.0 Å². The van der Waals surface area contributed by atoms with Crippen molar-refractivity contribution in [3.63, 3.8) is 0 Å². The summed E-state index contributed by atoms with van der Waals surface area (Å²) in [6.07, 6.45) is 5.23. The van der Waals surface area contributed by atoms with Crippen LogP contribution in [0, 0.1) is 24.6 Å². The smallest absolute Gasteiger partial charge is 0.243 e. The predicted octanol–water partition coefficient (Wildman–Crippen LogP) is 1.68. The summed E-state index contributed by atoms with van der Waals surface area (Å²) in [7, 11) is -3.71. The van der Waals surface area contributed by atoms with Crippen LogP contribution in [0.2, 0.25) is 0 Å². The van der Waals surface area contributed by atoms with E-state index >= 15 is 0 Å². The Balaban J connectivity index is 1.62. The van der Waals surface area contributed by atoms with Crippen LogP contribution in [0.3, 0.4) is 0 Å². The normalized spacial score (nSPS) is 26.9. The van der Waals surface area contributed by atoms with Gasteiger partial charge < -0.3 is 5.73 Å². The highest BCUT2D eigenvalue weighted by molar-refractivity contribution is 7.89. The van der Waals surface area contributed by atoms with Crippen LogP contribution in [0.15, 0.2) is 35.5 Å². The van der Waals surface area contributed by atoms with E-state index in [2.05, 4.69) is 5.10 Å². The van der Waals surface area contributed by atoms with Crippen molar-refractivity contribution in [1.29, 1.82) is 0 Å². The lowest BCUT2D eigenvalue weighted by Crippen LogP contribution is -2.33. The molecular weight excluding hydrogens is 343 g/mol. The SMILES string of the molecule is Cc1cnn(-c2ccc(S(=O)(=O)N3CC4CCC(N)C4C3)cc2F)c1. The van der Waals surface area contributed by atoms with Crippen LogP contribution in [0.4, 0.5) is 4.39 Å². The van der Waals surface area contributed by atoms with Crippen LogP contribution in [-0.4, -0.2) is 41.6 Å². The Hall–Kier alpha value is -1.77. The second kappa shape index (κ2) is 5.89. The van der Waals surface area contributed by atoms with Gasteiger partial charge in [0.2, 0.25) is 10.0 Å². The van der Waals surface area contributed by atoms with E-state index in [0.717, 1.165) is 24.5 Å². The van der Waals surface area contributed by atoms with Crippen LogP contribution in [0.1, 0.15) is 18.4 Å². The molecule has 8 heteroatoms. The Morgan fingerprint density at radius 2 is 2.08 bits per heavy atom. The van der Waals surface area contributed by atoms with Gasteiger partial charge in [0, 0.05) is 25.3 Å². The fourth-order valence-electron chi connectivity index (χ4n) is 3.99. The van der Waals surface area contributed by atoms with Crippen LogP contribution < -0.4 is 5.73 Å². The molecule has 1 aliphatic carbocycles. The van der Waals surface area contributed by atoms with Crippen molar-refractivity contribution in [1.82, 2.24) is 14.1 Å². The number of aryl methyl sites for hydroxylation is 1. The molecule has 0 amide bonds. The molecule has 2 aliphatic rings. The van der Waals surface area contributed by atoms with E-state index in [0.29, 0.717) is 19.0 Å². The van der Waals surface area contributed by atoms with Crippen molar-refractivity contribution in [2.24, 2.45) is 17.6 Å². The van der Waals surface area contributed by atoms with E-state index < -0.39 is 15.8 Å². The highest BCUT2D eigenvalue weighted by Gasteiger charge is 2.45. The molecule has 25 heavy (non-hydrogen) atoms. The third-order valence-corrected chi connectivity index (χ3v) is 7.22. The third kappa shape index (κ3) is 2.78. The first-order valence-corrected chi connectivity index (χ1v) is 9.87. The Kier molecular flexibility index (Phi) is 3.93. The number of fused-ring (bicyclic) bond motifs is 1. The number of hydrogen-bond acceptors (Lipinski definition) is 4. The van der Waals surface area contributed by atoms with Gasteiger partial charge in [0.25, 0.3) is 0 Å². The molecule has 2 aromatic rings. The number of hydrogen-bond donors (Lipinski definition) is 1. The number of nitrogens with two attached hydrogens (primary N) is 1. The summed E-state index contributed by atoms with van der Waals surface area (Å²) in [5.41, 5.74) is 7.21. The number of benzene rings is 1. The quantitative estimate of drug-likeness (QED) is 0.898. The summed E-state index contributed by atoms with van der Waals surface area (Å²) in [5.74, 6) is -0.0767. The molecular formula is C17H21FN4O2S. The first kappa shape index (κ1) is 16.7. The molecule has 1 aromatic heterocycles. The fraction of sp³-hybridized carbons (Fsp3) is 0.471. The summed E-state index contributed by atoms with van der Waals surface area (Å²) in [4.78, 5) is -0.0221. The van der Waals surface area contributed by atoms with Gasteiger partial charge in [-0.15, -0.1) is 0 Å². The molecule has 0 spiro atoms. The molecule has 2 heterocycles. The van der Waals surface area contributed by atoms with E-state index in [9.17, 15) is 12.8 Å². The minimum absolute atomic E-state index is 0.0221. The summed E-state index contributed by atoms with van der Waals surface area (Å²) in [5, 5.41) is 4.07. The maximum Gasteiger partial charge on any atom is 0.243 e. The zero-order chi connectivity index (χ0) is 17.8. The zero-order valence-corrected chi connectivity index (χ0v) is 14.8. The number of nitrogens with zero attached hydrogens (tertiary/aromatic N) is 3. The molecule has 3 unspecified atom stereocenters. The Bertz CT molecular complexity index is 911. The average Bonchev–Trinajstić information content (AvgIpc) is 3.25. The largest absolute Gasteiger partial charge is 0.327 e. The highest BCUT2D eigenvalue weighted by Crippen LogP contribution is 2.39. The molecule has 134 valence electrons. The molecule has 2 N–H and O–H groups in total. The van der Waals surface area contributed by atoms with Crippen molar-refractivity contribution in [2.75, 3.05) is 13.1 Å². The van der Waals surface area contributed by atoms with Gasteiger partial charge in [-0.1, -0.05) is 0 Å². The fourth-order valence-corrected chi connectivity index (χ4v) is 5.54. The molecule has 2 fully saturated rings. The van der Waals surface area contributed by atoms with E-state index in [1.165, 1.54) is 21.1 Å². The molecule has 3 atom stereocenters. The maximum absolute atomic E-state index is 14.5. The molecule has 0 radical (unpaired) electrons. The predicted molar refractivity (Wildman–Crippen MR) is 91.2 cm³/mol. The van der Waals surface area contributed by atoms with Gasteiger partial charge in [-0.25, -0.2) is 17.5 Å². The van der Waals surface area contributed by atoms with Crippen molar-refractivity contribution < 1.29 is 12.8 Å². The van der Waals surface area contributed by atoms with Gasteiger partial charge in [0.05, 0.1) is 11.1 Å². The lowest BCUT2D eigenvalue weighted by atomic mass is 9.98.